The Morgan fingerprint density at radius 3 is 2.86 bits per heavy atom. The number of aliphatic carboxylic acids is 1. The van der Waals surface area contributed by atoms with Gasteiger partial charge in [0, 0.05) is 18.5 Å². The van der Waals surface area contributed by atoms with Crippen LogP contribution in [0.5, 0.6) is 0 Å². The number of thiazole rings is 1. The molecule has 1 fully saturated rings. The number of aromatic nitrogens is 1. The molecule has 1 unspecified atom stereocenters. The van der Waals surface area contributed by atoms with E-state index in [0.717, 1.165) is 5.57 Å². The molecule has 1 N–H and O–H groups in total. The van der Waals surface area contributed by atoms with Crippen molar-refractivity contribution >= 4 is 23.2 Å². The second-order valence-electron chi connectivity index (χ2n) is 5.78. The lowest BCUT2D eigenvalue weighted by Crippen LogP contribution is -2.49. The van der Waals surface area contributed by atoms with E-state index in [2.05, 4.69) is 4.98 Å². The molecule has 1 aliphatic rings. The van der Waals surface area contributed by atoms with E-state index in [-0.39, 0.29) is 12.5 Å². The molecule has 1 atom stereocenters. The van der Waals surface area contributed by atoms with Gasteiger partial charge in [-0.15, -0.1) is 11.3 Å². The SMILES string of the molecule is CC(C)=CCC1(C(=O)O)CCCN(C(=O)c2cscn2)C1. The summed E-state index contributed by atoms with van der Waals surface area (Å²) in [7, 11) is 0. The molecule has 1 aromatic heterocycles. The lowest BCUT2D eigenvalue weighted by Gasteiger charge is -2.39. The second-order valence-corrected chi connectivity index (χ2v) is 6.49. The number of carbonyl (C=O) groups excluding carboxylic acids is 1. The lowest BCUT2D eigenvalue weighted by atomic mass is 9.76. The zero-order valence-electron chi connectivity index (χ0n) is 12.3. The molecule has 1 aromatic rings. The molecule has 0 saturated carbocycles. The number of hydrogen-bond acceptors (Lipinski definition) is 4. The minimum atomic E-state index is -0.874. The van der Waals surface area contributed by atoms with Crippen molar-refractivity contribution in [1.82, 2.24) is 9.88 Å². The summed E-state index contributed by atoms with van der Waals surface area (Å²) in [5.41, 5.74) is 2.24. The Balaban J connectivity index is 2.18. The summed E-state index contributed by atoms with van der Waals surface area (Å²) < 4.78 is 0. The average molecular weight is 308 g/mol. The zero-order chi connectivity index (χ0) is 15.5. The standard InChI is InChI=1S/C15H20N2O3S/c1-11(2)4-6-15(14(19)20)5-3-7-17(9-15)13(18)12-8-21-10-16-12/h4,8,10H,3,5-7,9H2,1-2H3,(H,19,20). The van der Waals surface area contributed by atoms with Gasteiger partial charge >= 0.3 is 5.97 Å². The largest absolute Gasteiger partial charge is 0.481 e. The van der Waals surface area contributed by atoms with E-state index in [1.54, 1.807) is 15.8 Å². The van der Waals surface area contributed by atoms with E-state index < -0.39 is 11.4 Å². The smallest absolute Gasteiger partial charge is 0.311 e. The van der Waals surface area contributed by atoms with Crippen LogP contribution < -0.4 is 0 Å². The van der Waals surface area contributed by atoms with Crippen molar-refractivity contribution in [3.05, 3.63) is 28.2 Å². The fourth-order valence-corrected chi connectivity index (χ4v) is 3.14. The van der Waals surface area contributed by atoms with Gasteiger partial charge in [-0.25, -0.2) is 4.98 Å². The molecule has 1 amide bonds. The fourth-order valence-electron chi connectivity index (χ4n) is 2.61. The van der Waals surface area contributed by atoms with E-state index in [1.807, 2.05) is 19.9 Å². The van der Waals surface area contributed by atoms with Gasteiger partial charge in [0.25, 0.3) is 5.91 Å². The fraction of sp³-hybridized carbons (Fsp3) is 0.533. The van der Waals surface area contributed by atoms with Gasteiger partial charge in [0.15, 0.2) is 0 Å². The number of carboxylic acid groups (broad SMARTS) is 1. The summed E-state index contributed by atoms with van der Waals surface area (Å²) >= 11 is 1.37. The van der Waals surface area contributed by atoms with Crippen LogP contribution in [0, 0.1) is 5.41 Å². The molecule has 1 aliphatic heterocycles. The Morgan fingerprint density at radius 1 is 1.52 bits per heavy atom. The molecule has 0 aromatic carbocycles. The Morgan fingerprint density at radius 2 is 2.29 bits per heavy atom. The van der Waals surface area contributed by atoms with Gasteiger partial charge in [-0.1, -0.05) is 11.6 Å². The Bertz CT molecular complexity index is 549. The Labute approximate surface area is 128 Å². The Hall–Kier alpha value is -1.69. The molecule has 2 heterocycles. The molecule has 0 aliphatic carbocycles. The maximum Gasteiger partial charge on any atom is 0.311 e. The van der Waals surface area contributed by atoms with Gasteiger partial charge in [-0.05, 0) is 33.1 Å². The molecule has 6 heteroatoms. The van der Waals surface area contributed by atoms with Crippen molar-refractivity contribution in [3.8, 4) is 0 Å². The predicted molar refractivity (Wildman–Crippen MR) is 81.4 cm³/mol. The number of hydrogen-bond donors (Lipinski definition) is 1. The minimum Gasteiger partial charge on any atom is -0.481 e. The quantitative estimate of drug-likeness (QED) is 0.868. The summed E-state index contributed by atoms with van der Waals surface area (Å²) in [5, 5.41) is 11.4. The molecule has 0 spiro atoms. The van der Waals surface area contributed by atoms with Crippen LogP contribution >= 0.6 is 11.3 Å². The first-order valence-corrected chi connectivity index (χ1v) is 7.93. The maximum absolute atomic E-state index is 12.4. The number of carboxylic acids is 1. The molecule has 114 valence electrons. The van der Waals surface area contributed by atoms with Gasteiger partial charge in [-0.2, -0.15) is 0 Å². The number of piperidine rings is 1. The van der Waals surface area contributed by atoms with E-state index in [1.165, 1.54) is 11.3 Å². The third-order valence-electron chi connectivity index (χ3n) is 3.87. The first-order chi connectivity index (χ1) is 9.94. The van der Waals surface area contributed by atoms with Crippen LogP contribution in [0.1, 0.15) is 43.6 Å². The predicted octanol–water partition coefficient (Wildman–Crippen LogP) is 2.81. The molecule has 2 rings (SSSR count). The maximum atomic E-state index is 12.4. The minimum absolute atomic E-state index is 0.168. The van der Waals surface area contributed by atoms with Crippen molar-refractivity contribution < 1.29 is 14.7 Å². The van der Waals surface area contributed by atoms with Crippen LogP contribution in [0.4, 0.5) is 0 Å². The molecule has 1 saturated heterocycles. The van der Waals surface area contributed by atoms with Gasteiger partial charge in [0.1, 0.15) is 5.69 Å². The molecule has 5 nitrogen and oxygen atoms in total. The summed E-state index contributed by atoms with van der Waals surface area (Å²) in [6.45, 7) is 4.76. The van der Waals surface area contributed by atoms with Gasteiger partial charge in [0.2, 0.25) is 0 Å². The second kappa shape index (κ2) is 6.39. The van der Waals surface area contributed by atoms with E-state index in [0.29, 0.717) is 31.5 Å². The van der Waals surface area contributed by atoms with Crippen molar-refractivity contribution in [1.29, 1.82) is 0 Å². The normalized spacial score (nSPS) is 21.9. The molecule has 21 heavy (non-hydrogen) atoms. The first kappa shape index (κ1) is 15.7. The summed E-state index contributed by atoms with van der Waals surface area (Å²) in [6.07, 6.45) is 3.72. The third-order valence-corrected chi connectivity index (χ3v) is 4.46. The van der Waals surface area contributed by atoms with E-state index >= 15 is 0 Å². The van der Waals surface area contributed by atoms with Crippen molar-refractivity contribution in [2.24, 2.45) is 5.41 Å². The lowest BCUT2D eigenvalue weighted by molar-refractivity contribution is -0.151. The van der Waals surface area contributed by atoms with Gasteiger partial charge < -0.3 is 10.0 Å². The number of likely N-dealkylation sites (tertiary alicyclic amines) is 1. The van der Waals surface area contributed by atoms with E-state index in [4.69, 9.17) is 0 Å². The summed E-state index contributed by atoms with van der Waals surface area (Å²) in [5.74, 6) is -0.991. The van der Waals surface area contributed by atoms with Gasteiger partial charge in [0.05, 0.1) is 10.9 Å². The van der Waals surface area contributed by atoms with Crippen LogP contribution in [-0.2, 0) is 4.79 Å². The average Bonchev–Trinajstić information content (AvgIpc) is 2.98. The zero-order valence-corrected chi connectivity index (χ0v) is 13.2. The van der Waals surface area contributed by atoms with Crippen molar-refractivity contribution in [2.75, 3.05) is 13.1 Å². The van der Waals surface area contributed by atoms with Crippen LogP contribution in [0.15, 0.2) is 22.5 Å². The monoisotopic (exact) mass is 308 g/mol. The summed E-state index contributed by atoms with van der Waals surface area (Å²) in [6, 6.07) is 0. The number of carbonyl (C=O) groups is 2. The summed E-state index contributed by atoms with van der Waals surface area (Å²) in [4.78, 5) is 29.8. The number of nitrogens with zero attached hydrogens (tertiary/aromatic N) is 2. The highest BCUT2D eigenvalue weighted by molar-refractivity contribution is 7.07. The number of amides is 1. The highest BCUT2D eigenvalue weighted by Gasteiger charge is 2.43. The molecular formula is C15H20N2O3S. The number of allylic oxidation sites excluding steroid dienone is 2. The van der Waals surface area contributed by atoms with Crippen LogP contribution in [-0.4, -0.2) is 40.0 Å². The molecular weight excluding hydrogens is 288 g/mol. The highest BCUT2D eigenvalue weighted by Crippen LogP contribution is 2.35. The number of rotatable bonds is 4. The van der Waals surface area contributed by atoms with Gasteiger partial charge in [-0.3, -0.25) is 9.59 Å². The first-order valence-electron chi connectivity index (χ1n) is 6.99. The topological polar surface area (TPSA) is 70.5 Å². The third kappa shape index (κ3) is 3.50. The van der Waals surface area contributed by atoms with Crippen LogP contribution in [0.3, 0.4) is 0 Å². The molecule has 0 radical (unpaired) electrons. The Kier molecular flexibility index (Phi) is 4.77. The highest BCUT2D eigenvalue weighted by atomic mass is 32.1. The van der Waals surface area contributed by atoms with Crippen molar-refractivity contribution in [2.45, 2.75) is 33.1 Å². The van der Waals surface area contributed by atoms with Crippen LogP contribution in [0.25, 0.3) is 0 Å². The van der Waals surface area contributed by atoms with Crippen molar-refractivity contribution in [3.63, 3.8) is 0 Å². The molecule has 0 bridgehead atoms. The van der Waals surface area contributed by atoms with Crippen LogP contribution in [0.2, 0.25) is 0 Å². The van der Waals surface area contributed by atoms with E-state index in [9.17, 15) is 14.7 Å².